The van der Waals surface area contributed by atoms with E-state index in [4.69, 9.17) is 15.2 Å². The topological polar surface area (TPSA) is 116 Å². The van der Waals surface area contributed by atoms with Crippen LogP contribution in [0, 0.1) is 11.3 Å². The van der Waals surface area contributed by atoms with Crippen LogP contribution in [0.3, 0.4) is 0 Å². The highest BCUT2D eigenvalue weighted by molar-refractivity contribution is 5.88. The number of hydrogen-bond acceptors (Lipinski definition) is 6. The molecule has 0 radical (unpaired) electrons. The first kappa shape index (κ1) is 15.3. The van der Waals surface area contributed by atoms with E-state index in [1.54, 1.807) is 30.6 Å². The van der Waals surface area contributed by atoms with Gasteiger partial charge in [-0.3, -0.25) is 14.5 Å². The lowest BCUT2D eigenvalue weighted by atomic mass is 10.1. The number of nitrogens with two attached hydrogens (primary N) is 1. The van der Waals surface area contributed by atoms with Crippen LogP contribution < -0.4 is 15.2 Å². The van der Waals surface area contributed by atoms with Crippen molar-refractivity contribution in [2.45, 2.75) is 6.54 Å². The Morgan fingerprint density at radius 3 is 2.96 bits per heavy atom. The number of amides is 1. The number of methoxy groups -OCH3 is 1. The number of nitriles is 1. The molecule has 0 unspecified atom stereocenters. The van der Waals surface area contributed by atoms with Crippen molar-refractivity contribution < 1.29 is 14.3 Å². The van der Waals surface area contributed by atoms with Crippen LogP contribution in [0.2, 0.25) is 0 Å². The number of carbonyl (C=O) groups excluding carboxylic acids is 1. The smallest absolute Gasteiger partial charge is 0.239 e. The molecule has 0 aliphatic carbocycles. The van der Waals surface area contributed by atoms with Crippen molar-refractivity contribution in [1.29, 1.82) is 5.26 Å². The average Bonchev–Trinajstić information content (AvgIpc) is 3.00. The number of rotatable bonds is 5. The van der Waals surface area contributed by atoms with Gasteiger partial charge in [0.15, 0.2) is 5.75 Å². The molecule has 0 aliphatic rings. The molecule has 0 saturated carbocycles. The summed E-state index contributed by atoms with van der Waals surface area (Å²) < 4.78 is 12.4. The second-order valence-electron chi connectivity index (χ2n) is 4.93. The maximum atomic E-state index is 10.9. The first-order chi connectivity index (χ1) is 11.6. The summed E-state index contributed by atoms with van der Waals surface area (Å²) in [5, 5.41) is 13.9. The zero-order valence-corrected chi connectivity index (χ0v) is 12.8. The van der Waals surface area contributed by atoms with Gasteiger partial charge in [0.2, 0.25) is 5.91 Å². The number of fused-ring (bicyclic) bond motifs is 1. The van der Waals surface area contributed by atoms with Crippen LogP contribution in [0.15, 0.2) is 36.8 Å². The minimum Gasteiger partial charge on any atom is -0.495 e. The van der Waals surface area contributed by atoms with Gasteiger partial charge >= 0.3 is 0 Å². The molecule has 1 amide bonds. The van der Waals surface area contributed by atoms with E-state index in [-0.39, 0.29) is 6.54 Å². The van der Waals surface area contributed by atoms with Crippen LogP contribution in [0.5, 0.6) is 17.2 Å². The maximum absolute atomic E-state index is 10.9. The minimum atomic E-state index is -0.496. The molecule has 8 heteroatoms. The number of pyridine rings is 1. The molecule has 8 nitrogen and oxygen atoms in total. The molecule has 2 N–H and O–H groups in total. The number of ether oxygens (including phenoxy) is 2. The van der Waals surface area contributed by atoms with E-state index in [0.29, 0.717) is 33.7 Å². The lowest BCUT2D eigenvalue weighted by molar-refractivity contribution is -0.118. The van der Waals surface area contributed by atoms with Gasteiger partial charge in [-0.1, -0.05) is 0 Å². The zero-order valence-electron chi connectivity index (χ0n) is 12.8. The monoisotopic (exact) mass is 323 g/mol. The molecule has 0 aliphatic heterocycles. The Balaban J connectivity index is 1.99. The molecule has 0 spiro atoms. The third kappa shape index (κ3) is 2.96. The predicted molar refractivity (Wildman–Crippen MR) is 84.5 cm³/mol. The fraction of sp³-hybridized carbons (Fsp3) is 0.125. The van der Waals surface area contributed by atoms with Gasteiger partial charge in [-0.2, -0.15) is 10.4 Å². The molecule has 1 aromatic carbocycles. The molecular weight excluding hydrogens is 310 g/mol. The third-order valence-electron chi connectivity index (χ3n) is 3.30. The SMILES string of the molecule is COc1cc2nccc(Oc3cnn(CC(N)=O)c3)c2cc1C#N. The van der Waals surface area contributed by atoms with Gasteiger partial charge in [0.05, 0.1) is 30.6 Å². The highest BCUT2D eigenvalue weighted by atomic mass is 16.5. The van der Waals surface area contributed by atoms with E-state index in [1.807, 2.05) is 0 Å². The van der Waals surface area contributed by atoms with Crippen molar-refractivity contribution in [3.05, 3.63) is 42.4 Å². The third-order valence-corrected chi connectivity index (χ3v) is 3.30. The van der Waals surface area contributed by atoms with E-state index in [1.165, 1.54) is 18.0 Å². The van der Waals surface area contributed by atoms with E-state index in [2.05, 4.69) is 16.2 Å². The van der Waals surface area contributed by atoms with Crippen LogP contribution in [-0.2, 0) is 11.3 Å². The summed E-state index contributed by atoms with van der Waals surface area (Å²) in [4.78, 5) is 15.2. The van der Waals surface area contributed by atoms with Crippen LogP contribution in [0.1, 0.15) is 5.56 Å². The fourth-order valence-corrected chi connectivity index (χ4v) is 2.26. The van der Waals surface area contributed by atoms with Gasteiger partial charge in [0, 0.05) is 17.6 Å². The number of benzene rings is 1. The molecule has 0 bridgehead atoms. The molecule has 3 rings (SSSR count). The number of primary amides is 1. The van der Waals surface area contributed by atoms with E-state index in [0.717, 1.165) is 0 Å². The summed E-state index contributed by atoms with van der Waals surface area (Å²) in [7, 11) is 1.50. The highest BCUT2D eigenvalue weighted by Gasteiger charge is 2.11. The van der Waals surface area contributed by atoms with Gasteiger partial charge in [-0.15, -0.1) is 0 Å². The van der Waals surface area contributed by atoms with Gasteiger partial charge in [0.1, 0.15) is 24.1 Å². The first-order valence-electron chi connectivity index (χ1n) is 6.96. The summed E-state index contributed by atoms with van der Waals surface area (Å²) >= 11 is 0. The molecule has 2 aromatic heterocycles. The molecule has 0 saturated heterocycles. The molecule has 0 fully saturated rings. The van der Waals surface area contributed by atoms with Crippen molar-refractivity contribution in [2.75, 3.05) is 7.11 Å². The van der Waals surface area contributed by atoms with Crippen LogP contribution in [0.4, 0.5) is 0 Å². The quantitative estimate of drug-likeness (QED) is 0.762. The number of hydrogen-bond donors (Lipinski definition) is 1. The van der Waals surface area contributed by atoms with Crippen LogP contribution in [-0.4, -0.2) is 27.8 Å². The van der Waals surface area contributed by atoms with E-state index in [9.17, 15) is 10.1 Å². The van der Waals surface area contributed by atoms with Crippen LogP contribution >= 0.6 is 0 Å². The van der Waals surface area contributed by atoms with Crippen molar-refractivity contribution in [1.82, 2.24) is 14.8 Å². The Hall–Kier alpha value is -3.60. The number of nitrogens with zero attached hydrogens (tertiary/aromatic N) is 4. The van der Waals surface area contributed by atoms with Gasteiger partial charge in [-0.25, -0.2) is 0 Å². The first-order valence-corrected chi connectivity index (χ1v) is 6.96. The summed E-state index contributed by atoms with van der Waals surface area (Å²) in [5.41, 5.74) is 6.14. The molecule has 2 heterocycles. The molecule has 0 atom stereocenters. The van der Waals surface area contributed by atoms with Crippen molar-refractivity contribution in [3.63, 3.8) is 0 Å². The van der Waals surface area contributed by atoms with Gasteiger partial charge in [-0.05, 0) is 12.1 Å². The summed E-state index contributed by atoms with van der Waals surface area (Å²) in [6.07, 6.45) is 4.63. The molecule has 120 valence electrons. The maximum Gasteiger partial charge on any atom is 0.239 e. The standard InChI is InChI=1S/C16H13N5O3/c1-23-15-5-13-12(4-10(15)6-17)14(2-3-19-13)24-11-7-20-21(8-11)9-16(18)22/h2-5,7-8H,9H2,1H3,(H2,18,22). The molecule has 24 heavy (non-hydrogen) atoms. The van der Waals surface area contributed by atoms with Crippen molar-refractivity contribution >= 4 is 16.8 Å². The fourth-order valence-electron chi connectivity index (χ4n) is 2.26. The largest absolute Gasteiger partial charge is 0.495 e. The second kappa shape index (κ2) is 6.26. The Morgan fingerprint density at radius 1 is 1.42 bits per heavy atom. The Morgan fingerprint density at radius 2 is 2.25 bits per heavy atom. The molecule has 3 aromatic rings. The summed E-state index contributed by atoms with van der Waals surface area (Å²) in [6.45, 7) is -0.0315. The highest BCUT2D eigenvalue weighted by Crippen LogP contribution is 2.32. The zero-order chi connectivity index (χ0) is 17.1. The lowest BCUT2D eigenvalue weighted by Crippen LogP contribution is -2.18. The normalized spacial score (nSPS) is 10.3. The Bertz CT molecular complexity index is 958. The Kier molecular flexibility index (Phi) is 3.99. The van der Waals surface area contributed by atoms with E-state index >= 15 is 0 Å². The summed E-state index contributed by atoms with van der Waals surface area (Å²) in [5.74, 6) is 0.907. The van der Waals surface area contributed by atoms with Gasteiger partial charge in [0.25, 0.3) is 0 Å². The predicted octanol–water partition coefficient (Wildman–Crippen LogP) is 1.59. The number of carbonyl (C=O) groups is 1. The van der Waals surface area contributed by atoms with Crippen LogP contribution in [0.25, 0.3) is 10.9 Å². The minimum absolute atomic E-state index is 0.0315. The summed E-state index contributed by atoms with van der Waals surface area (Å²) in [6, 6.07) is 7.10. The lowest BCUT2D eigenvalue weighted by Gasteiger charge is -2.09. The number of aromatic nitrogens is 3. The average molecular weight is 323 g/mol. The molecular formula is C16H13N5O3. The second-order valence-corrected chi connectivity index (χ2v) is 4.93. The van der Waals surface area contributed by atoms with Gasteiger partial charge < -0.3 is 15.2 Å². The van der Waals surface area contributed by atoms with Crippen molar-refractivity contribution in [3.8, 4) is 23.3 Å². The van der Waals surface area contributed by atoms with E-state index < -0.39 is 5.91 Å². The Labute approximate surface area is 137 Å². The van der Waals surface area contributed by atoms with Crippen molar-refractivity contribution in [2.24, 2.45) is 5.73 Å².